The van der Waals surface area contributed by atoms with Crippen molar-refractivity contribution in [2.45, 2.75) is 31.8 Å². The highest BCUT2D eigenvalue weighted by molar-refractivity contribution is 6.39. The summed E-state index contributed by atoms with van der Waals surface area (Å²) in [7, 11) is 0. The molecule has 1 saturated heterocycles. The first kappa shape index (κ1) is 19.4. The molecule has 1 aromatic carbocycles. The highest BCUT2D eigenvalue weighted by atomic mass is 35.5. The Kier molecular flexibility index (Phi) is 6.40. The molecule has 1 saturated carbocycles. The van der Waals surface area contributed by atoms with Gasteiger partial charge in [-0.25, -0.2) is 0 Å². The van der Waals surface area contributed by atoms with E-state index in [-0.39, 0.29) is 17.9 Å². The van der Waals surface area contributed by atoms with Crippen molar-refractivity contribution in [1.82, 2.24) is 15.1 Å². The van der Waals surface area contributed by atoms with Crippen molar-refractivity contribution in [3.8, 4) is 0 Å². The number of nitrogens with one attached hydrogen (secondary N) is 2. The molecule has 3 rings (SSSR count). The van der Waals surface area contributed by atoms with E-state index in [1.54, 1.807) is 18.2 Å². The number of hydrogen-bond donors (Lipinski definition) is 2. The van der Waals surface area contributed by atoms with Gasteiger partial charge in [-0.1, -0.05) is 29.3 Å². The summed E-state index contributed by atoms with van der Waals surface area (Å²) in [6, 6.07) is 5.22. The van der Waals surface area contributed by atoms with Crippen LogP contribution in [-0.4, -0.2) is 66.4 Å². The van der Waals surface area contributed by atoms with Crippen LogP contribution in [0.1, 0.15) is 19.8 Å². The Hall–Kier alpha value is -1.34. The second kappa shape index (κ2) is 8.57. The van der Waals surface area contributed by atoms with Crippen LogP contribution in [0.3, 0.4) is 0 Å². The molecule has 0 aromatic heterocycles. The van der Waals surface area contributed by atoms with Gasteiger partial charge in [0.1, 0.15) is 0 Å². The molecule has 26 heavy (non-hydrogen) atoms. The smallest absolute Gasteiger partial charge is 0.241 e. The van der Waals surface area contributed by atoms with Gasteiger partial charge in [-0.05, 0) is 31.9 Å². The van der Waals surface area contributed by atoms with E-state index < -0.39 is 0 Å². The number of anilines is 1. The van der Waals surface area contributed by atoms with Crippen LogP contribution in [0.15, 0.2) is 18.2 Å². The molecule has 6 nitrogen and oxygen atoms in total. The number of hydrogen-bond acceptors (Lipinski definition) is 4. The van der Waals surface area contributed by atoms with Gasteiger partial charge in [0, 0.05) is 32.2 Å². The molecule has 8 heteroatoms. The third-order valence-corrected chi connectivity index (χ3v) is 5.48. The number of halogens is 2. The fraction of sp³-hybridized carbons (Fsp3) is 0.556. The van der Waals surface area contributed by atoms with Crippen LogP contribution in [0.5, 0.6) is 0 Å². The lowest BCUT2D eigenvalue weighted by Crippen LogP contribution is -2.54. The lowest BCUT2D eigenvalue weighted by atomic mass is 10.2. The van der Waals surface area contributed by atoms with Gasteiger partial charge in [-0.3, -0.25) is 19.4 Å². The van der Waals surface area contributed by atoms with E-state index in [0.717, 1.165) is 39.0 Å². The molecule has 0 unspecified atom stereocenters. The van der Waals surface area contributed by atoms with Crippen molar-refractivity contribution in [3.05, 3.63) is 28.2 Å². The average Bonchev–Trinajstić information content (AvgIpc) is 3.42. The molecule has 2 amide bonds. The number of amides is 2. The first-order chi connectivity index (χ1) is 12.4. The number of nitrogens with zero attached hydrogens (tertiary/aromatic N) is 2. The molecule has 1 aliphatic carbocycles. The molecule has 0 radical (unpaired) electrons. The van der Waals surface area contributed by atoms with Crippen molar-refractivity contribution in [1.29, 1.82) is 0 Å². The van der Waals surface area contributed by atoms with Gasteiger partial charge in [0.2, 0.25) is 11.8 Å². The second-order valence-corrected chi connectivity index (χ2v) is 7.73. The van der Waals surface area contributed by atoms with Crippen LogP contribution in [0.4, 0.5) is 5.69 Å². The fourth-order valence-corrected chi connectivity index (χ4v) is 3.52. The molecule has 1 atom stereocenters. The molecular weight excluding hydrogens is 375 g/mol. The molecule has 0 bridgehead atoms. The Bertz CT molecular complexity index is 653. The molecule has 142 valence electrons. The predicted octanol–water partition coefficient (Wildman–Crippen LogP) is 2.22. The topological polar surface area (TPSA) is 64.7 Å². The molecule has 2 N–H and O–H groups in total. The van der Waals surface area contributed by atoms with E-state index in [4.69, 9.17) is 23.2 Å². The van der Waals surface area contributed by atoms with Crippen LogP contribution in [0, 0.1) is 0 Å². The van der Waals surface area contributed by atoms with E-state index >= 15 is 0 Å². The van der Waals surface area contributed by atoms with Crippen molar-refractivity contribution in [2.24, 2.45) is 0 Å². The monoisotopic (exact) mass is 398 g/mol. The quantitative estimate of drug-likeness (QED) is 0.770. The predicted molar refractivity (Wildman–Crippen MR) is 104 cm³/mol. The highest BCUT2D eigenvalue weighted by Gasteiger charge is 2.28. The van der Waals surface area contributed by atoms with Crippen molar-refractivity contribution >= 4 is 40.7 Å². The number of piperazine rings is 1. The lowest BCUT2D eigenvalue weighted by Gasteiger charge is -2.37. The highest BCUT2D eigenvalue weighted by Crippen LogP contribution is 2.30. The lowest BCUT2D eigenvalue weighted by molar-refractivity contribution is -0.124. The minimum absolute atomic E-state index is 0.0973. The van der Waals surface area contributed by atoms with Gasteiger partial charge in [-0.15, -0.1) is 0 Å². The zero-order valence-electron chi connectivity index (χ0n) is 14.8. The summed E-state index contributed by atoms with van der Waals surface area (Å²) in [4.78, 5) is 28.7. The van der Waals surface area contributed by atoms with E-state index in [1.165, 1.54) is 0 Å². The van der Waals surface area contributed by atoms with Gasteiger partial charge < -0.3 is 10.6 Å². The zero-order chi connectivity index (χ0) is 18.7. The van der Waals surface area contributed by atoms with Gasteiger partial charge >= 0.3 is 0 Å². The summed E-state index contributed by atoms with van der Waals surface area (Å²) in [6.07, 6.45) is 2.20. The molecule has 1 heterocycles. The first-order valence-corrected chi connectivity index (χ1v) is 9.70. The van der Waals surface area contributed by atoms with E-state index in [1.807, 2.05) is 6.92 Å². The zero-order valence-corrected chi connectivity index (χ0v) is 16.3. The Labute approximate surface area is 163 Å². The molecule has 0 spiro atoms. The third kappa shape index (κ3) is 5.10. The SMILES string of the molecule is C[C@@H](C(=O)Nc1c(Cl)cccc1Cl)N1CCN(CC(=O)NC2CC2)CC1. The van der Waals surface area contributed by atoms with Gasteiger partial charge in [0.15, 0.2) is 0 Å². The molecule has 1 aliphatic heterocycles. The van der Waals surface area contributed by atoms with Crippen molar-refractivity contribution in [2.75, 3.05) is 38.0 Å². The molecule has 1 aromatic rings. The van der Waals surface area contributed by atoms with Gasteiger partial charge in [0.05, 0.1) is 28.3 Å². The summed E-state index contributed by atoms with van der Waals surface area (Å²) in [6.45, 7) is 5.31. The standard InChI is InChI=1S/C18H24Cl2N4O2/c1-12(18(26)22-17-14(19)3-2-4-15(17)20)24-9-7-23(8-10-24)11-16(25)21-13-5-6-13/h2-4,12-13H,5-11H2,1H3,(H,21,25)(H,22,26)/t12-/m0/s1. The third-order valence-electron chi connectivity index (χ3n) is 4.85. The number of carbonyl (C=O) groups excluding carboxylic acids is 2. The maximum atomic E-state index is 12.6. The van der Waals surface area contributed by atoms with Crippen LogP contribution in [0.2, 0.25) is 10.0 Å². The molecule has 2 aliphatic rings. The number of para-hydroxylation sites is 1. The normalized spacial score (nSPS) is 19.8. The summed E-state index contributed by atoms with van der Waals surface area (Å²) < 4.78 is 0. The summed E-state index contributed by atoms with van der Waals surface area (Å²) in [5.74, 6) is -0.0416. The summed E-state index contributed by atoms with van der Waals surface area (Å²) >= 11 is 12.2. The Morgan fingerprint density at radius 1 is 1.15 bits per heavy atom. The van der Waals surface area contributed by atoms with Gasteiger partial charge in [0.25, 0.3) is 0 Å². The van der Waals surface area contributed by atoms with E-state index in [2.05, 4.69) is 20.4 Å². The maximum Gasteiger partial charge on any atom is 0.241 e. The van der Waals surface area contributed by atoms with Crippen LogP contribution >= 0.6 is 23.2 Å². The van der Waals surface area contributed by atoms with E-state index in [9.17, 15) is 9.59 Å². The number of benzene rings is 1. The van der Waals surface area contributed by atoms with Crippen molar-refractivity contribution < 1.29 is 9.59 Å². The minimum Gasteiger partial charge on any atom is -0.352 e. The Morgan fingerprint density at radius 3 is 2.35 bits per heavy atom. The minimum atomic E-state index is -0.301. The second-order valence-electron chi connectivity index (χ2n) is 6.92. The van der Waals surface area contributed by atoms with Crippen molar-refractivity contribution in [3.63, 3.8) is 0 Å². The molecule has 2 fully saturated rings. The fourth-order valence-electron chi connectivity index (χ4n) is 3.02. The van der Waals surface area contributed by atoms with Crippen LogP contribution in [0.25, 0.3) is 0 Å². The number of rotatable bonds is 6. The Morgan fingerprint density at radius 2 is 1.77 bits per heavy atom. The summed E-state index contributed by atoms with van der Waals surface area (Å²) in [5.41, 5.74) is 0.447. The van der Waals surface area contributed by atoms with Crippen LogP contribution < -0.4 is 10.6 Å². The van der Waals surface area contributed by atoms with Gasteiger partial charge in [-0.2, -0.15) is 0 Å². The average molecular weight is 399 g/mol. The number of carbonyl (C=O) groups is 2. The van der Waals surface area contributed by atoms with Crippen LogP contribution in [-0.2, 0) is 9.59 Å². The first-order valence-electron chi connectivity index (χ1n) is 8.94. The maximum absolute atomic E-state index is 12.6. The molecular formula is C18H24Cl2N4O2. The largest absolute Gasteiger partial charge is 0.352 e. The summed E-state index contributed by atoms with van der Waals surface area (Å²) in [5, 5.41) is 6.67. The Balaban J connectivity index is 1.47. The van der Waals surface area contributed by atoms with E-state index in [0.29, 0.717) is 28.3 Å².